The molecule has 0 saturated carbocycles. The zero-order chi connectivity index (χ0) is 24.8. The molecule has 0 unspecified atom stereocenters. The number of hydrogen-bond acceptors (Lipinski definition) is 6. The van der Waals surface area contributed by atoms with Gasteiger partial charge in [0, 0.05) is 22.3 Å². The van der Waals surface area contributed by atoms with Crippen LogP contribution in [-0.2, 0) is 17.4 Å². The maximum Gasteiger partial charge on any atom is 0.263 e. The number of phenolic OH excluding ortho intramolecular Hbond substituents is 1. The highest BCUT2D eigenvalue weighted by molar-refractivity contribution is 5.97. The van der Waals surface area contributed by atoms with Crippen molar-refractivity contribution < 1.29 is 9.90 Å². The number of aromatic nitrogens is 5. The number of nitrogens with one attached hydrogen (secondary N) is 1. The lowest BCUT2D eigenvalue weighted by Gasteiger charge is -2.28. The molecule has 0 spiro atoms. The van der Waals surface area contributed by atoms with Gasteiger partial charge in [-0.25, -0.2) is 0 Å². The van der Waals surface area contributed by atoms with Crippen molar-refractivity contribution in [2.24, 2.45) is 0 Å². The Morgan fingerprint density at radius 2 is 1.62 bits per heavy atom. The summed E-state index contributed by atoms with van der Waals surface area (Å²) in [6.45, 7) is 11.8. The molecule has 2 heterocycles. The Bertz CT molecular complexity index is 1350. The molecule has 0 bridgehead atoms. The molecule has 4 rings (SSSR count). The molecule has 8 heteroatoms. The molecule has 2 aromatic rings. The van der Waals surface area contributed by atoms with Crippen molar-refractivity contribution in [3.63, 3.8) is 0 Å². The van der Waals surface area contributed by atoms with Crippen molar-refractivity contribution in [2.75, 3.05) is 0 Å². The Kier molecular flexibility index (Phi) is 5.63. The summed E-state index contributed by atoms with van der Waals surface area (Å²) in [5, 5.41) is 24.9. The van der Waals surface area contributed by atoms with Crippen LogP contribution >= 0.6 is 0 Å². The number of ketones is 1. The number of carbonyl (C=O) groups excluding carboxylic acids is 1. The van der Waals surface area contributed by atoms with Gasteiger partial charge in [-0.1, -0.05) is 65.8 Å². The standard InChI is InChI=1S/C26H29N5O3/c1-25(2,3)17-12-15(13-18(22(17)33)26(4,5)6)20(32)14-31-19-11-9-7-8-10-16(19)21(24(31)34)23-27-29-30-28-23/h7-13,33H,14H2,1-6H3,(H,27,28,29,30). The van der Waals surface area contributed by atoms with Gasteiger partial charge in [0.05, 0.1) is 17.8 Å². The lowest BCUT2D eigenvalue weighted by molar-refractivity contribution is 0.0971. The Balaban J connectivity index is 1.86. The summed E-state index contributed by atoms with van der Waals surface area (Å²) in [4.78, 5) is 27.0. The number of nitrogens with zero attached hydrogens (tertiary/aromatic N) is 4. The van der Waals surface area contributed by atoms with Gasteiger partial charge in [-0.15, -0.1) is 10.2 Å². The fourth-order valence-electron chi connectivity index (χ4n) is 4.16. The highest BCUT2D eigenvalue weighted by Crippen LogP contribution is 2.40. The average Bonchev–Trinajstić information content (AvgIpc) is 3.26. The van der Waals surface area contributed by atoms with Crippen LogP contribution in [0.15, 0.2) is 47.3 Å². The van der Waals surface area contributed by atoms with Gasteiger partial charge in [0.1, 0.15) is 5.75 Å². The summed E-state index contributed by atoms with van der Waals surface area (Å²) < 4.78 is 1.45. The van der Waals surface area contributed by atoms with Crippen molar-refractivity contribution in [1.82, 2.24) is 25.2 Å². The van der Waals surface area contributed by atoms with Crippen molar-refractivity contribution in [3.8, 4) is 28.4 Å². The molecule has 0 amide bonds. The second-order valence-corrected chi connectivity index (χ2v) is 10.6. The first-order valence-electron chi connectivity index (χ1n) is 11.2. The lowest BCUT2D eigenvalue weighted by atomic mass is 9.78. The number of rotatable bonds is 4. The van der Waals surface area contributed by atoms with Gasteiger partial charge >= 0.3 is 0 Å². The molecule has 176 valence electrons. The molecule has 2 aliphatic rings. The van der Waals surface area contributed by atoms with Crippen LogP contribution in [0, 0.1) is 0 Å². The van der Waals surface area contributed by atoms with E-state index in [2.05, 4.69) is 20.6 Å². The number of fused-ring (bicyclic) bond motifs is 1. The SMILES string of the molecule is CC(C)(C)c1cc(C(=O)Cn2c3cccccc-3c(-c3nn[nH]n3)c2=O)cc(C(C)(C)C)c1O. The summed E-state index contributed by atoms with van der Waals surface area (Å²) in [5.41, 5.74) is 2.29. The first-order chi connectivity index (χ1) is 15.9. The van der Waals surface area contributed by atoms with E-state index in [1.165, 1.54) is 4.57 Å². The number of hydrogen-bond donors (Lipinski definition) is 2. The van der Waals surface area contributed by atoms with E-state index in [1.807, 2.05) is 59.7 Å². The predicted octanol–water partition coefficient (Wildman–Crippen LogP) is 4.32. The van der Waals surface area contributed by atoms with Gasteiger partial charge in [0.15, 0.2) is 5.78 Å². The van der Waals surface area contributed by atoms with Crippen LogP contribution in [0.4, 0.5) is 0 Å². The molecule has 8 nitrogen and oxygen atoms in total. The number of aromatic hydroxyl groups is 1. The predicted molar refractivity (Wildman–Crippen MR) is 130 cm³/mol. The monoisotopic (exact) mass is 459 g/mol. The maximum atomic E-state index is 13.6. The van der Waals surface area contributed by atoms with Crippen LogP contribution in [0.1, 0.15) is 63.0 Å². The van der Waals surface area contributed by atoms with Gasteiger partial charge in [-0.2, -0.15) is 5.21 Å². The second kappa shape index (κ2) is 8.20. The Morgan fingerprint density at radius 1 is 1.00 bits per heavy atom. The minimum Gasteiger partial charge on any atom is -0.507 e. The fraction of sp³-hybridized carbons (Fsp3) is 0.346. The van der Waals surface area contributed by atoms with Gasteiger partial charge in [-0.3, -0.25) is 14.2 Å². The lowest BCUT2D eigenvalue weighted by Crippen LogP contribution is -2.23. The third-order valence-corrected chi connectivity index (χ3v) is 5.95. The Hall–Kier alpha value is -3.81. The van der Waals surface area contributed by atoms with Crippen molar-refractivity contribution in [2.45, 2.75) is 58.9 Å². The van der Waals surface area contributed by atoms with Gasteiger partial charge in [0.25, 0.3) is 5.56 Å². The summed E-state index contributed by atoms with van der Waals surface area (Å²) in [6, 6.07) is 12.6. The maximum absolute atomic E-state index is 13.6. The van der Waals surface area contributed by atoms with E-state index in [0.29, 0.717) is 33.5 Å². The first-order valence-corrected chi connectivity index (χ1v) is 11.2. The zero-order valence-electron chi connectivity index (χ0n) is 20.3. The number of Topliss-reactive ketones (excluding diaryl/α,β-unsaturated/α-hetero) is 1. The molecule has 1 aromatic heterocycles. The molecule has 1 aromatic carbocycles. The van der Waals surface area contributed by atoms with Gasteiger partial charge in [0.2, 0.25) is 5.82 Å². The van der Waals surface area contributed by atoms with Crippen LogP contribution in [0.5, 0.6) is 5.75 Å². The van der Waals surface area contributed by atoms with E-state index in [4.69, 9.17) is 0 Å². The quantitative estimate of drug-likeness (QED) is 0.440. The van der Waals surface area contributed by atoms with E-state index in [1.54, 1.807) is 24.3 Å². The van der Waals surface area contributed by atoms with Crippen LogP contribution < -0.4 is 5.56 Å². The molecule has 0 radical (unpaired) electrons. The van der Waals surface area contributed by atoms with Crippen LogP contribution in [0.2, 0.25) is 0 Å². The Morgan fingerprint density at radius 3 is 2.18 bits per heavy atom. The van der Waals surface area contributed by atoms with Gasteiger partial charge in [-0.05, 0) is 34.2 Å². The third kappa shape index (κ3) is 4.11. The number of phenols is 1. The topological polar surface area (TPSA) is 114 Å². The molecule has 1 aliphatic heterocycles. The summed E-state index contributed by atoms with van der Waals surface area (Å²) in [5.74, 6) is 0.164. The van der Waals surface area contributed by atoms with Crippen molar-refractivity contribution in [3.05, 3.63) is 69.5 Å². The average molecular weight is 460 g/mol. The fourth-order valence-corrected chi connectivity index (χ4v) is 4.16. The molecule has 0 saturated heterocycles. The summed E-state index contributed by atoms with van der Waals surface area (Å²) in [7, 11) is 0. The van der Waals surface area contributed by atoms with Gasteiger partial charge < -0.3 is 5.11 Å². The molecule has 34 heavy (non-hydrogen) atoms. The highest BCUT2D eigenvalue weighted by atomic mass is 16.3. The first kappa shape index (κ1) is 23.4. The van der Waals surface area contributed by atoms with Crippen LogP contribution in [0.25, 0.3) is 22.6 Å². The summed E-state index contributed by atoms with van der Waals surface area (Å²) in [6.07, 6.45) is 0. The smallest absolute Gasteiger partial charge is 0.263 e. The minimum absolute atomic E-state index is 0.158. The largest absolute Gasteiger partial charge is 0.507 e. The van der Waals surface area contributed by atoms with E-state index in [9.17, 15) is 14.7 Å². The molecular weight excluding hydrogens is 430 g/mol. The second-order valence-electron chi connectivity index (χ2n) is 10.6. The van der Waals surface area contributed by atoms with Crippen LogP contribution in [0.3, 0.4) is 0 Å². The van der Waals surface area contributed by atoms with Crippen molar-refractivity contribution in [1.29, 1.82) is 0 Å². The summed E-state index contributed by atoms with van der Waals surface area (Å²) >= 11 is 0. The molecule has 0 fully saturated rings. The van der Waals surface area contributed by atoms with E-state index < -0.39 is 0 Å². The van der Waals surface area contributed by atoms with E-state index in [0.717, 1.165) is 0 Å². The molecule has 2 N–H and O–H groups in total. The number of H-pyrrole nitrogens is 1. The zero-order valence-corrected chi connectivity index (χ0v) is 20.3. The number of benzene rings is 1. The highest BCUT2D eigenvalue weighted by Gasteiger charge is 2.29. The van der Waals surface area contributed by atoms with E-state index >= 15 is 0 Å². The Labute approximate surface area is 198 Å². The third-order valence-electron chi connectivity index (χ3n) is 5.95. The number of carbonyl (C=O) groups is 1. The molecule has 0 atom stereocenters. The van der Waals surface area contributed by atoms with Crippen molar-refractivity contribution >= 4 is 5.78 Å². The number of tetrazole rings is 1. The minimum atomic E-state index is -0.371. The number of aromatic amines is 1. The molecule has 1 aliphatic carbocycles. The normalized spacial score (nSPS) is 12.3. The van der Waals surface area contributed by atoms with E-state index in [-0.39, 0.29) is 40.3 Å². The van der Waals surface area contributed by atoms with Crippen LogP contribution in [-0.4, -0.2) is 36.1 Å². The molecular formula is C26H29N5O3.